The maximum absolute atomic E-state index is 11.3. The normalized spacial score (nSPS) is 7.59. The Morgan fingerprint density at radius 3 is 1.03 bits per heavy atom. The number of benzene rings is 3. The van der Waals surface area contributed by atoms with Crippen molar-refractivity contribution in [2.75, 3.05) is 0 Å². The lowest BCUT2D eigenvalue weighted by Crippen LogP contribution is -1.99. The lowest BCUT2D eigenvalue weighted by atomic mass is 10.0. The van der Waals surface area contributed by atoms with E-state index in [9.17, 15) is 9.59 Å². The summed E-state index contributed by atoms with van der Waals surface area (Å²) in [4.78, 5) is 22.3. The van der Waals surface area contributed by atoms with Crippen LogP contribution in [0.5, 0.6) is 0 Å². The number of ketones is 2. The van der Waals surface area contributed by atoms with Crippen LogP contribution in [0.1, 0.15) is 103 Å². The van der Waals surface area contributed by atoms with Crippen LogP contribution in [0.15, 0.2) is 97.1 Å². The molecule has 34 heavy (non-hydrogen) atoms. The number of carbonyl (C=O) groups is 2. The Kier molecular flexibility index (Phi) is 39.0. The van der Waals surface area contributed by atoms with Crippen molar-refractivity contribution < 1.29 is 9.59 Å². The molecule has 0 saturated carbocycles. The molecule has 2 heteroatoms. The van der Waals surface area contributed by atoms with E-state index in [0.29, 0.717) is 17.5 Å². The van der Waals surface area contributed by atoms with Crippen molar-refractivity contribution in [1.82, 2.24) is 0 Å². The van der Waals surface area contributed by atoms with Crippen molar-refractivity contribution >= 4 is 11.6 Å². The molecule has 0 radical (unpaired) electrons. The monoisotopic (exact) mass is 466 g/mol. The first kappa shape index (κ1) is 38.3. The Labute approximate surface area is 211 Å². The van der Waals surface area contributed by atoms with Crippen molar-refractivity contribution in [2.45, 2.75) is 82.1 Å². The number of hydrogen-bond donors (Lipinski definition) is 0. The van der Waals surface area contributed by atoms with Crippen LogP contribution in [0.3, 0.4) is 0 Å². The highest BCUT2D eigenvalue weighted by Crippen LogP contribution is 2.08. The maximum Gasteiger partial charge on any atom is 0.162 e. The molecule has 0 bridgehead atoms. The van der Waals surface area contributed by atoms with E-state index in [1.54, 1.807) is 24.3 Å². The van der Waals surface area contributed by atoms with E-state index in [2.05, 4.69) is 13.8 Å². The minimum absolute atomic E-state index is 0.00856. The molecule has 0 saturated heterocycles. The van der Waals surface area contributed by atoms with Crippen LogP contribution < -0.4 is 0 Å². The average molecular weight is 467 g/mol. The van der Waals surface area contributed by atoms with Crippen LogP contribution in [0, 0.1) is 0 Å². The lowest BCUT2D eigenvalue weighted by Gasteiger charge is -1.99. The smallest absolute Gasteiger partial charge is 0.162 e. The Morgan fingerprint density at radius 2 is 0.794 bits per heavy atom. The fraction of sp³-hybridized carbons (Fsp3) is 0.375. The van der Waals surface area contributed by atoms with Crippen LogP contribution >= 0.6 is 0 Å². The van der Waals surface area contributed by atoms with Crippen molar-refractivity contribution in [3.05, 3.63) is 108 Å². The van der Waals surface area contributed by atoms with Gasteiger partial charge in [0.05, 0.1) is 0 Å². The number of hydrogen-bond acceptors (Lipinski definition) is 2. The summed E-state index contributed by atoms with van der Waals surface area (Å²) in [6, 6.07) is 30.8. The first-order valence-corrected chi connectivity index (χ1v) is 12.7. The van der Waals surface area contributed by atoms with Gasteiger partial charge >= 0.3 is 0 Å². The topological polar surface area (TPSA) is 34.1 Å². The molecule has 0 aromatic heterocycles. The third-order valence-corrected chi connectivity index (χ3v) is 3.25. The van der Waals surface area contributed by atoms with Crippen LogP contribution in [0.2, 0.25) is 0 Å². The molecule has 0 aliphatic carbocycles. The van der Waals surface area contributed by atoms with Gasteiger partial charge in [-0.1, -0.05) is 160 Å². The summed E-state index contributed by atoms with van der Waals surface area (Å²) in [6.07, 6.45) is 1.72. The quantitative estimate of drug-likeness (QED) is 0.360. The molecule has 3 rings (SSSR count). The summed E-state index contributed by atoms with van der Waals surface area (Å²) in [5, 5.41) is 0. The maximum atomic E-state index is 11.3. The van der Waals surface area contributed by atoms with Crippen molar-refractivity contribution in [3.8, 4) is 0 Å². The summed E-state index contributed by atoms with van der Waals surface area (Å²) in [6.45, 7) is 19.6. The molecule has 0 aliphatic heterocycles. The molecule has 190 valence electrons. The highest BCUT2D eigenvalue weighted by atomic mass is 16.1. The van der Waals surface area contributed by atoms with Gasteiger partial charge in [0.15, 0.2) is 11.6 Å². The second-order valence-corrected chi connectivity index (χ2v) is 5.93. The van der Waals surface area contributed by atoms with E-state index in [0.717, 1.165) is 0 Å². The number of Topliss-reactive ketones (excluding diaryl/α,β-unsaturated/α-hetero) is 2. The molecule has 0 spiro atoms. The zero-order chi connectivity index (χ0) is 27.0. The molecular weight excluding hydrogens is 416 g/mol. The van der Waals surface area contributed by atoms with Crippen LogP contribution in [-0.4, -0.2) is 11.6 Å². The molecule has 0 N–H and O–H groups in total. The summed E-state index contributed by atoms with van der Waals surface area (Å²) in [5.74, 6) is 0.0638. The predicted octanol–water partition coefficient (Wildman–Crippen LogP) is 10.3. The second-order valence-electron chi connectivity index (χ2n) is 5.93. The molecule has 0 atom stereocenters. The second kappa shape index (κ2) is 34.6. The third-order valence-electron chi connectivity index (χ3n) is 3.25. The highest BCUT2D eigenvalue weighted by molar-refractivity contribution is 6.00. The van der Waals surface area contributed by atoms with Crippen LogP contribution in [-0.2, 0) is 0 Å². The van der Waals surface area contributed by atoms with Gasteiger partial charge in [0.25, 0.3) is 0 Å². The van der Waals surface area contributed by atoms with Gasteiger partial charge in [-0.05, 0) is 13.0 Å². The minimum atomic E-state index is -0.00856. The summed E-state index contributed by atoms with van der Waals surface area (Å²) in [7, 11) is 0. The first-order valence-electron chi connectivity index (χ1n) is 12.7. The average Bonchev–Trinajstić information content (AvgIpc) is 2.95. The van der Waals surface area contributed by atoms with E-state index in [-0.39, 0.29) is 11.6 Å². The fourth-order valence-electron chi connectivity index (χ4n) is 1.89. The van der Waals surface area contributed by atoms with Gasteiger partial charge in [0.1, 0.15) is 0 Å². The minimum Gasteiger partial charge on any atom is -0.295 e. The number of carbonyl (C=O) groups excluding carboxylic acids is 2. The van der Waals surface area contributed by atoms with Gasteiger partial charge < -0.3 is 0 Å². The Bertz CT molecular complexity index is 665. The Morgan fingerprint density at radius 1 is 0.529 bits per heavy atom. The predicted molar refractivity (Wildman–Crippen MR) is 154 cm³/mol. The molecule has 0 aliphatic rings. The number of rotatable bonds is 3. The van der Waals surface area contributed by atoms with E-state index >= 15 is 0 Å². The largest absolute Gasteiger partial charge is 0.295 e. The third kappa shape index (κ3) is 27.0. The SMILES string of the molecule is CC.CC.CC.CCC.CCC(=O)c1cccc(C(C)=O)c1.c1ccccc1.c1ccccc1. The molecule has 2 nitrogen and oxygen atoms in total. The van der Waals surface area contributed by atoms with Gasteiger partial charge in [-0.15, -0.1) is 0 Å². The van der Waals surface area contributed by atoms with Gasteiger partial charge in [-0.2, -0.15) is 0 Å². The zero-order valence-electron chi connectivity index (χ0n) is 23.5. The van der Waals surface area contributed by atoms with Gasteiger partial charge in [-0.3, -0.25) is 9.59 Å². The van der Waals surface area contributed by atoms with E-state index in [1.807, 2.05) is 121 Å². The van der Waals surface area contributed by atoms with Gasteiger partial charge in [0.2, 0.25) is 0 Å². The fourth-order valence-corrected chi connectivity index (χ4v) is 1.89. The molecule has 0 amide bonds. The van der Waals surface area contributed by atoms with Gasteiger partial charge in [-0.25, -0.2) is 0 Å². The first-order chi connectivity index (χ1) is 16.6. The van der Waals surface area contributed by atoms with Crippen molar-refractivity contribution in [3.63, 3.8) is 0 Å². The van der Waals surface area contributed by atoms with Crippen LogP contribution in [0.25, 0.3) is 0 Å². The summed E-state index contributed by atoms with van der Waals surface area (Å²) in [5.41, 5.74) is 1.22. The lowest BCUT2D eigenvalue weighted by molar-refractivity contribution is 0.0988. The molecule has 3 aromatic rings. The Hall–Kier alpha value is -3.00. The molecule has 0 unspecified atom stereocenters. The van der Waals surface area contributed by atoms with Crippen molar-refractivity contribution in [1.29, 1.82) is 0 Å². The summed E-state index contributed by atoms with van der Waals surface area (Å²) < 4.78 is 0. The summed E-state index contributed by atoms with van der Waals surface area (Å²) >= 11 is 0. The molecule has 3 aromatic carbocycles. The van der Waals surface area contributed by atoms with E-state index in [4.69, 9.17) is 0 Å². The van der Waals surface area contributed by atoms with Crippen molar-refractivity contribution in [2.24, 2.45) is 0 Å². The zero-order valence-corrected chi connectivity index (χ0v) is 23.5. The molecular formula is C32H50O2. The van der Waals surface area contributed by atoms with Crippen LogP contribution in [0.4, 0.5) is 0 Å². The standard InChI is InChI=1S/C11H12O2.2C6H6.C3H8.3C2H6/c1-3-11(13)10-6-4-5-9(7-10)8(2)12;2*1-2-4-6-5-3-1;1-3-2;3*1-2/h4-7H,3H2,1-2H3;2*1-6H;3H2,1-2H3;3*1-2H3. The Balaban J connectivity index is -0.000000181. The highest BCUT2D eigenvalue weighted by Gasteiger charge is 2.05. The molecule has 0 fully saturated rings. The molecule has 0 heterocycles. The van der Waals surface area contributed by atoms with E-state index in [1.165, 1.54) is 13.3 Å². The van der Waals surface area contributed by atoms with E-state index < -0.39 is 0 Å². The van der Waals surface area contributed by atoms with Gasteiger partial charge in [0, 0.05) is 17.5 Å².